The maximum absolute atomic E-state index is 11.7. The summed E-state index contributed by atoms with van der Waals surface area (Å²) in [7, 11) is 1.30. The first-order chi connectivity index (χ1) is 3.42. The third-order valence-electron chi connectivity index (χ3n) is 0.393. The predicted molar refractivity (Wildman–Crippen MR) is 30.9 cm³/mol. The Labute approximate surface area is 49.6 Å². The van der Waals surface area contributed by atoms with Gasteiger partial charge < -0.3 is 4.74 Å². The third kappa shape index (κ3) is 6.25. The van der Waals surface area contributed by atoms with Crippen molar-refractivity contribution < 1.29 is 13.5 Å². The minimum atomic E-state index is -3.06. The Morgan fingerprint density at radius 3 is 1.88 bits per heavy atom. The molecule has 50 valence electrons. The van der Waals surface area contributed by atoms with Crippen LogP contribution in [-0.4, -0.2) is 12.0 Å². The highest BCUT2D eigenvalue weighted by molar-refractivity contribution is 7.17. The molecule has 0 saturated carbocycles. The van der Waals surface area contributed by atoms with Crippen LogP contribution in [-0.2, 0) is 4.74 Å². The molecule has 1 nitrogen and oxygen atoms in total. The van der Waals surface area contributed by atoms with E-state index in [9.17, 15) is 8.78 Å². The lowest BCUT2D eigenvalue weighted by Gasteiger charge is -2.13. The Hall–Kier alpha value is 0.250. The second-order valence-corrected chi connectivity index (χ2v) is 2.40. The molecular formula is C4H9F2OP. The van der Waals surface area contributed by atoms with E-state index in [1.54, 1.807) is 13.8 Å². The van der Waals surface area contributed by atoms with E-state index >= 15 is 0 Å². The van der Waals surface area contributed by atoms with Crippen molar-refractivity contribution in [1.29, 1.82) is 0 Å². The second kappa shape index (κ2) is 2.70. The van der Waals surface area contributed by atoms with E-state index < -0.39 is 12.0 Å². The van der Waals surface area contributed by atoms with Gasteiger partial charge in [0.25, 0.3) is 0 Å². The zero-order valence-corrected chi connectivity index (χ0v) is 5.97. The first kappa shape index (κ1) is 8.25. The lowest BCUT2D eigenvalue weighted by Crippen LogP contribution is -2.16. The van der Waals surface area contributed by atoms with Crippen molar-refractivity contribution in [1.82, 2.24) is 0 Å². The minimum Gasteiger partial charge on any atom is -0.315 e. The van der Waals surface area contributed by atoms with Gasteiger partial charge in [0.2, 0.25) is 0 Å². The van der Waals surface area contributed by atoms with E-state index in [1.807, 2.05) is 0 Å². The maximum atomic E-state index is 11.7. The van der Waals surface area contributed by atoms with Crippen LogP contribution in [0.1, 0.15) is 13.8 Å². The van der Waals surface area contributed by atoms with Crippen molar-refractivity contribution in [3.05, 3.63) is 0 Å². The molecule has 0 aromatic rings. The van der Waals surface area contributed by atoms with E-state index in [0.717, 1.165) is 0 Å². The van der Waals surface area contributed by atoms with Gasteiger partial charge >= 0.3 is 5.85 Å². The van der Waals surface area contributed by atoms with Gasteiger partial charge in [-0.1, -0.05) is 0 Å². The van der Waals surface area contributed by atoms with E-state index in [-0.39, 0.29) is 0 Å². The molecule has 0 heterocycles. The van der Waals surface area contributed by atoms with Gasteiger partial charge in [-0.15, -0.1) is 0 Å². The summed E-state index contributed by atoms with van der Waals surface area (Å²) in [5, 5.41) is 0. The summed E-state index contributed by atoms with van der Waals surface area (Å²) >= 11 is 0. The molecule has 1 unspecified atom stereocenters. The first-order valence-corrected chi connectivity index (χ1v) is 2.84. The van der Waals surface area contributed by atoms with Crippen molar-refractivity contribution in [3.63, 3.8) is 0 Å². The Morgan fingerprint density at radius 1 is 1.50 bits per heavy atom. The molecule has 0 aliphatic rings. The van der Waals surface area contributed by atoms with Crippen LogP contribution >= 0.6 is 9.24 Å². The second-order valence-electron chi connectivity index (χ2n) is 1.73. The van der Waals surface area contributed by atoms with Crippen LogP contribution in [0.5, 0.6) is 0 Å². The van der Waals surface area contributed by atoms with Crippen molar-refractivity contribution in [2.75, 3.05) is 0 Å². The van der Waals surface area contributed by atoms with Gasteiger partial charge in [0.15, 0.2) is 0 Å². The van der Waals surface area contributed by atoms with Gasteiger partial charge in [-0.3, -0.25) is 0 Å². The van der Waals surface area contributed by atoms with Gasteiger partial charge in [0.05, 0.1) is 6.10 Å². The molecule has 0 bridgehead atoms. The Kier molecular flexibility index (Phi) is 2.78. The molecule has 0 spiro atoms. The normalized spacial score (nSPS) is 12.8. The molecule has 0 saturated heterocycles. The highest BCUT2D eigenvalue weighted by Gasteiger charge is 2.22. The zero-order chi connectivity index (χ0) is 6.78. The van der Waals surface area contributed by atoms with E-state index in [0.29, 0.717) is 0 Å². The van der Waals surface area contributed by atoms with Crippen LogP contribution in [0, 0.1) is 0 Å². The van der Waals surface area contributed by atoms with E-state index in [4.69, 9.17) is 0 Å². The molecule has 0 aromatic heterocycles. The minimum absolute atomic E-state index is 0.428. The largest absolute Gasteiger partial charge is 0.367 e. The fraction of sp³-hybridized carbons (Fsp3) is 1.00. The fourth-order valence-corrected chi connectivity index (χ4v) is 0.586. The number of rotatable bonds is 2. The number of ether oxygens (including phenoxy) is 1. The average Bonchev–Trinajstić information content (AvgIpc) is 1.21. The molecule has 1 atom stereocenters. The summed E-state index contributed by atoms with van der Waals surface area (Å²) in [5.41, 5.74) is 0. The third-order valence-corrected chi connectivity index (χ3v) is 0.529. The topological polar surface area (TPSA) is 9.23 Å². The lowest BCUT2D eigenvalue weighted by molar-refractivity contribution is -0.185. The van der Waals surface area contributed by atoms with Crippen LogP contribution in [0.3, 0.4) is 0 Å². The SMILES string of the molecule is CC(C)OC(F)(F)P. The summed E-state index contributed by atoms with van der Waals surface area (Å²) in [6.45, 7) is 3.11. The molecule has 0 radical (unpaired) electrons. The van der Waals surface area contributed by atoms with Gasteiger partial charge in [0.1, 0.15) is 0 Å². The highest BCUT2D eigenvalue weighted by Crippen LogP contribution is 2.24. The van der Waals surface area contributed by atoms with E-state index in [1.165, 1.54) is 9.24 Å². The Morgan fingerprint density at radius 2 is 1.88 bits per heavy atom. The van der Waals surface area contributed by atoms with Crippen molar-refractivity contribution in [2.45, 2.75) is 25.8 Å². The maximum Gasteiger partial charge on any atom is 0.367 e. The van der Waals surface area contributed by atoms with Crippen LogP contribution < -0.4 is 0 Å². The molecule has 8 heavy (non-hydrogen) atoms. The molecule has 4 heteroatoms. The summed E-state index contributed by atoms with van der Waals surface area (Å²) < 4.78 is 27.5. The molecule has 0 aliphatic carbocycles. The van der Waals surface area contributed by atoms with Crippen LogP contribution in [0.25, 0.3) is 0 Å². The Balaban J connectivity index is 3.39. The molecule has 0 N–H and O–H groups in total. The summed E-state index contributed by atoms with van der Waals surface area (Å²) in [4.78, 5) is 0. The number of alkyl halides is 2. The number of hydrogen-bond donors (Lipinski definition) is 0. The monoisotopic (exact) mass is 142 g/mol. The first-order valence-electron chi connectivity index (χ1n) is 2.26. The van der Waals surface area contributed by atoms with Crippen molar-refractivity contribution >= 4 is 9.24 Å². The predicted octanol–water partition coefficient (Wildman–Crippen LogP) is 1.84. The molecule has 0 aliphatic heterocycles. The molecule has 0 fully saturated rings. The van der Waals surface area contributed by atoms with E-state index in [2.05, 4.69) is 4.74 Å². The quantitative estimate of drug-likeness (QED) is 0.534. The number of hydrogen-bond acceptors (Lipinski definition) is 1. The number of halogens is 2. The molecule has 0 amide bonds. The molecular weight excluding hydrogens is 133 g/mol. The fourth-order valence-electron chi connectivity index (χ4n) is 0.314. The summed E-state index contributed by atoms with van der Waals surface area (Å²) in [6.07, 6.45) is -0.428. The van der Waals surface area contributed by atoms with Gasteiger partial charge in [-0.2, -0.15) is 8.78 Å². The van der Waals surface area contributed by atoms with Gasteiger partial charge in [-0.25, -0.2) is 0 Å². The highest BCUT2D eigenvalue weighted by atomic mass is 31.0. The van der Waals surface area contributed by atoms with Crippen LogP contribution in [0.15, 0.2) is 0 Å². The zero-order valence-electron chi connectivity index (χ0n) is 4.82. The van der Waals surface area contributed by atoms with Crippen molar-refractivity contribution in [3.8, 4) is 0 Å². The lowest BCUT2D eigenvalue weighted by atomic mass is 10.5. The van der Waals surface area contributed by atoms with Crippen molar-refractivity contribution in [2.24, 2.45) is 0 Å². The molecule has 0 aromatic carbocycles. The summed E-state index contributed by atoms with van der Waals surface area (Å²) in [5.74, 6) is -3.06. The molecule has 0 rings (SSSR count). The average molecular weight is 142 g/mol. The van der Waals surface area contributed by atoms with Gasteiger partial charge in [-0.05, 0) is 23.1 Å². The smallest absolute Gasteiger partial charge is 0.315 e. The van der Waals surface area contributed by atoms with Crippen LogP contribution in [0.4, 0.5) is 8.78 Å². The van der Waals surface area contributed by atoms with Crippen LogP contribution in [0.2, 0.25) is 0 Å². The Bertz CT molecular complexity index is 68.9. The summed E-state index contributed by atoms with van der Waals surface area (Å²) in [6, 6.07) is 0. The standard InChI is InChI=1S/C4H9F2OP/c1-3(2)7-4(5,6)8/h3H,8H2,1-2H3. The van der Waals surface area contributed by atoms with Gasteiger partial charge in [0, 0.05) is 0 Å².